The Morgan fingerprint density at radius 3 is 2.70 bits per heavy atom. The van der Waals surface area contributed by atoms with E-state index >= 15 is 0 Å². The Morgan fingerprint density at radius 2 is 2.15 bits per heavy atom. The molecular formula is C14H26N2O4. The van der Waals surface area contributed by atoms with Crippen LogP contribution in [-0.4, -0.2) is 54.4 Å². The van der Waals surface area contributed by atoms with Gasteiger partial charge in [0, 0.05) is 26.6 Å². The topological polar surface area (TPSA) is 78.9 Å². The first-order chi connectivity index (χ1) is 9.41. The van der Waals surface area contributed by atoms with Gasteiger partial charge in [0.2, 0.25) is 0 Å². The fourth-order valence-corrected chi connectivity index (χ4v) is 2.44. The van der Waals surface area contributed by atoms with Gasteiger partial charge in [0.15, 0.2) is 0 Å². The first kappa shape index (κ1) is 16.8. The van der Waals surface area contributed by atoms with Crippen LogP contribution < -0.4 is 5.32 Å². The van der Waals surface area contributed by atoms with Crippen LogP contribution in [0.3, 0.4) is 0 Å². The molecule has 0 aromatic heterocycles. The van der Waals surface area contributed by atoms with Gasteiger partial charge in [0.1, 0.15) is 0 Å². The van der Waals surface area contributed by atoms with E-state index in [-0.39, 0.29) is 24.6 Å². The van der Waals surface area contributed by atoms with Gasteiger partial charge in [0.05, 0.1) is 12.1 Å². The van der Waals surface area contributed by atoms with Crippen molar-refractivity contribution in [2.45, 2.75) is 51.7 Å². The van der Waals surface area contributed by atoms with Gasteiger partial charge in [-0.1, -0.05) is 6.92 Å². The number of hydrogen-bond donors (Lipinski definition) is 2. The Bertz CT molecular complexity index is 335. The summed E-state index contributed by atoms with van der Waals surface area (Å²) in [4.78, 5) is 24.2. The number of aliphatic carboxylic acids is 1. The number of rotatable bonds is 7. The van der Waals surface area contributed by atoms with Crippen LogP contribution in [0, 0.1) is 5.92 Å². The summed E-state index contributed by atoms with van der Waals surface area (Å²) in [6.45, 7) is 5.27. The van der Waals surface area contributed by atoms with Gasteiger partial charge in [-0.15, -0.1) is 0 Å². The number of carbonyl (C=O) groups is 2. The predicted octanol–water partition coefficient (Wildman–Crippen LogP) is 1.70. The number of nitrogens with one attached hydrogen (secondary N) is 1. The number of amides is 2. The Hall–Kier alpha value is -1.30. The first-order valence-electron chi connectivity index (χ1n) is 7.26. The molecule has 3 atom stereocenters. The van der Waals surface area contributed by atoms with Crippen molar-refractivity contribution in [1.82, 2.24) is 10.2 Å². The van der Waals surface area contributed by atoms with Crippen LogP contribution in [0.1, 0.15) is 39.5 Å². The highest BCUT2D eigenvalue weighted by Crippen LogP contribution is 2.18. The normalized spacial score (nSPS) is 23.4. The van der Waals surface area contributed by atoms with E-state index in [4.69, 9.17) is 9.84 Å². The highest BCUT2D eigenvalue weighted by Gasteiger charge is 2.30. The van der Waals surface area contributed by atoms with Crippen molar-refractivity contribution in [3.05, 3.63) is 0 Å². The van der Waals surface area contributed by atoms with Crippen molar-refractivity contribution in [1.29, 1.82) is 0 Å². The van der Waals surface area contributed by atoms with Crippen molar-refractivity contribution < 1.29 is 19.4 Å². The van der Waals surface area contributed by atoms with E-state index in [9.17, 15) is 9.59 Å². The first-order valence-corrected chi connectivity index (χ1v) is 7.26. The minimum atomic E-state index is -0.768. The van der Waals surface area contributed by atoms with Gasteiger partial charge in [-0.05, 0) is 32.1 Å². The Morgan fingerprint density at radius 1 is 1.45 bits per heavy atom. The number of carboxylic acids is 1. The van der Waals surface area contributed by atoms with Crippen molar-refractivity contribution in [3.63, 3.8) is 0 Å². The third-order valence-electron chi connectivity index (χ3n) is 3.92. The highest BCUT2D eigenvalue weighted by atomic mass is 16.5. The number of likely N-dealkylation sites (N-methyl/N-ethyl adjacent to an activating group) is 1. The summed E-state index contributed by atoms with van der Waals surface area (Å²) in [5.41, 5.74) is 0. The molecule has 2 N–H and O–H groups in total. The highest BCUT2D eigenvalue weighted by molar-refractivity contribution is 5.74. The molecule has 0 radical (unpaired) electrons. The number of ether oxygens (including phenoxy) is 1. The lowest BCUT2D eigenvalue weighted by molar-refractivity contribution is -0.137. The fraction of sp³-hybridized carbons (Fsp3) is 0.857. The Kier molecular flexibility index (Phi) is 6.78. The van der Waals surface area contributed by atoms with Crippen LogP contribution in [0.4, 0.5) is 4.79 Å². The maximum absolute atomic E-state index is 12.0. The van der Waals surface area contributed by atoms with Gasteiger partial charge < -0.3 is 20.1 Å². The zero-order valence-electron chi connectivity index (χ0n) is 12.6. The van der Waals surface area contributed by atoms with Crippen molar-refractivity contribution in [2.24, 2.45) is 5.92 Å². The lowest BCUT2D eigenvalue weighted by atomic mass is 10.0. The smallest absolute Gasteiger partial charge is 0.317 e. The van der Waals surface area contributed by atoms with Gasteiger partial charge in [-0.3, -0.25) is 4.79 Å². The molecule has 1 saturated heterocycles. The molecule has 116 valence electrons. The third kappa shape index (κ3) is 5.36. The van der Waals surface area contributed by atoms with Crippen LogP contribution in [0.2, 0.25) is 0 Å². The van der Waals surface area contributed by atoms with Gasteiger partial charge >= 0.3 is 12.0 Å². The third-order valence-corrected chi connectivity index (χ3v) is 3.92. The summed E-state index contributed by atoms with van der Waals surface area (Å²) in [5.74, 6) is -0.471. The van der Waals surface area contributed by atoms with E-state index in [0.717, 1.165) is 12.8 Å². The molecule has 0 aromatic rings. The second kappa shape index (κ2) is 8.09. The molecule has 6 heteroatoms. The molecule has 2 amide bonds. The SMILES string of the molecule is CC(CCNC(=O)N(C)C1CCOC1C)CCC(=O)O. The van der Waals surface area contributed by atoms with E-state index in [0.29, 0.717) is 25.5 Å². The lowest BCUT2D eigenvalue weighted by Crippen LogP contribution is -2.46. The van der Waals surface area contributed by atoms with E-state index in [1.54, 1.807) is 11.9 Å². The standard InChI is InChI=1S/C14H26N2O4/c1-10(4-5-13(17)18)6-8-15-14(19)16(3)12-7-9-20-11(12)2/h10-12H,4-9H2,1-3H3,(H,15,19)(H,17,18). The molecule has 1 fully saturated rings. The van der Waals surface area contributed by atoms with Crippen LogP contribution in [0.25, 0.3) is 0 Å². The largest absolute Gasteiger partial charge is 0.481 e. The summed E-state index contributed by atoms with van der Waals surface area (Å²) in [7, 11) is 1.79. The maximum atomic E-state index is 12.0. The molecule has 0 spiro atoms. The van der Waals surface area contributed by atoms with Crippen molar-refractivity contribution >= 4 is 12.0 Å². The average Bonchev–Trinajstić information content (AvgIpc) is 2.81. The van der Waals surface area contributed by atoms with E-state index in [2.05, 4.69) is 5.32 Å². The molecule has 6 nitrogen and oxygen atoms in total. The molecule has 1 aliphatic rings. The predicted molar refractivity (Wildman–Crippen MR) is 75.6 cm³/mol. The molecule has 0 saturated carbocycles. The monoisotopic (exact) mass is 286 g/mol. The second-order valence-corrected chi connectivity index (χ2v) is 5.60. The van der Waals surface area contributed by atoms with Crippen LogP contribution >= 0.6 is 0 Å². The molecule has 0 aliphatic carbocycles. The summed E-state index contributed by atoms with van der Waals surface area (Å²) in [6.07, 6.45) is 2.59. The molecule has 0 aromatic carbocycles. The average molecular weight is 286 g/mol. The molecule has 1 rings (SSSR count). The van der Waals surface area contributed by atoms with Crippen LogP contribution in [-0.2, 0) is 9.53 Å². The van der Waals surface area contributed by atoms with Crippen LogP contribution in [0.5, 0.6) is 0 Å². The second-order valence-electron chi connectivity index (χ2n) is 5.60. The molecule has 1 heterocycles. The van der Waals surface area contributed by atoms with Gasteiger partial charge in [-0.25, -0.2) is 4.79 Å². The van der Waals surface area contributed by atoms with E-state index in [1.165, 1.54) is 0 Å². The maximum Gasteiger partial charge on any atom is 0.317 e. The minimum Gasteiger partial charge on any atom is -0.481 e. The summed E-state index contributed by atoms with van der Waals surface area (Å²) >= 11 is 0. The summed E-state index contributed by atoms with van der Waals surface area (Å²) in [6, 6.07) is 0.0530. The summed E-state index contributed by atoms with van der Waals surface area (Å²) in [5, 5.41) is 11.5. The zero-order chi connectivity index (χ0) is 15.1. The zero-order valence-corrected chi connectivity index (χ0v) is 12.6. The van der Waals surface area contributed by atoms with Gasteiger partial charge in [0.25, 0.3) is 0 Å². The molecule has 3 unspecified atom stereocenters. The molecular weight excluding hydrogens is 260 g/mol. The van der Waals surface area contributed by atoms with Crippen LogP contribution in [0.15, 0.2) is 0 Å². The number of hydrogen-bond acceptors (Lipinski definition) is 3. The minimum absolute atomic E-state index is 0.0836. The summed E-state index contributed by atoms with van der Waals surface area (Å²) < 4.78 is 5.46. The number of urea groups is 1. The number of carbonyl (C=O) groups excluding carboxylic acids is 1. The molecule has 20 heavy (non-hydrogen) atoms. The van der Waals surface area contributed by atoms with Gasteiger partial charge in [-0.2, -0.15) is 0 Å². The Labute approximate surface area is 120 Å². The molecule has 0 bridgehead atoms. The van der Waals surface area contributed by atoms with Crippen molar-refractivity contribution in [2.75, 3.05) is 20.2 Å². The van der Waals surface area contributed by atoms with E-state index < -0.39 is 5.97 Å². The van der Waals surface area contributed by atoms with Crippen molar-refractivity contribution in [3.8, 4) is 0 Å². The van der Waals surface area contributed by atoms with E-state index in [1.807, 2.05) is 13.8 Å². The molecule has 1 aliphatic heterocycles. The Balaban J connectivity index is 2.20. The number of carboxylic acid groups (broad SMARTS) is 1. The quantitative estimate of drug-likeness (QED) is 0.746. The number of nitrogens with zero attached hydrogens (tertiary/aromatic N) is 1. The lowest BCUT2D eigenvalue weighted by Gasteiger charge is -2.27. The fourth-order valence-electron chi connectivity index (χ4n) is 2.44.